The van der Waals surface area contributed by atoms with Gasteiger partial charge in [0.05, 0.1) is 5.69 Å². The van der Waals surface area contributed by atoms with E-state index in [0.717, 1.165) is 37.2 Å². The first-order chi connectivity index (χ1) is 8.56. The van der Waals surface area contributed by atoms with Crippen molar-refractivity contribution in [3.8, 4) is 0 Å². The molecule has 1 heterocycles. The maximum Gasteiger partial charge on any atom is 0.146 e. The van der Waals surface area contributed by atoms with Crippen LogP contribution in [0.4, 0.5) is 10.1 Å². The molecule has 2 nitrogen and oxygen atoms in total. The second-order valence-corrected chi connectivity index (χ2v) is 5.49. The first-order valence-corrected chi connectivity index (χ1v) is 6.83. The molecule has 1 N–H and O–H groups in total. The summed E-state index contributed by atoms with van der Waals surface area (Å²) in [6, 6.07) is 6.36. The Bertz CT molecular complexity index is 393. The Labute approximate surface area is 109 Å². The fourth-order valence-electron chi connectivity index (χ4n) is 2.57. The van der Waals surface area contributed by atoms with E-state index in [1.165, 1.54) is 0 Å². The number of nitrogens with zero attached hydrogens (tertiary/aromatic N) is 1. The van der Waals surface area contributed by atoms with E-state index in [1.54, 1.807) is 6.07 Å². The zero-order valence-electron chi connectivity index (χ0n) is 11.5. The predicted molar refractivity (Wildman–Crippen MR) is 74.6 cm³/mol. The van der Waals surface area contributed by atoms with Crippen LogP contribution in [0.5, 0.6) is 0 Å². The van der Waals surface area contributed by atoms with E-state index >= 15 is 0 Å². The van der Waals surface area contributed by atoms with Gasteiger partial charge in [0.15, 0.2) is 0 Å². The minimum Gasteiger partial charge on any atom is -0.369 e. The summed E-state index contributed by atoms with van der Waals surface area (Å²) in [6.45, 7) is 8.25. The molecule has 2 unspecified atom stereocenters. The summed E-state index contributed by atoms with van der Waals surface area (Å²) in [5.74, 6) is -0.102. The maximum absolute atomic E-state index is 13.9. The molecule has 0 amide bonds. The van der Waals surface area contributed by atoms with E-state index in [-0.39, 0.29) is 5.82 Å². The van der Waals surface area contributed by atoms with Crippen molar-refractivity contribution in [2.45, 2.75) is 45.7 Å². The fourth-order valence-corrected chi connectivity index (χ4v) is 2.57. The van der Waals surface area contributed by atoms with Crippen LogP contribution in [0.25, 0.3) is 0 Å². The molecule has 3 heteroatoms. The highest BCUT2D eigenvalue weighted by Gasteiger charge is 2.18. The smallest absolute Gasteiger partial charge is 0.146 e. The quantitative estimate of drug-likeness (QED) is 0.824. The van der Waals surface area contributed by atoms with E-state index < -0.39 is 0 Å². The Morgan fingerprint density at radius 3 is 2.39 bits per heavy atom. The third-order valence-corrected chi connectivity index (χ3v) is 3.68. The van der Waals surface area contributed by atoms with E-state index in [4.69, 9.17) is 0 Å². The molecule has 1 fully saturated rings. The van der Waals surface area contributed by atoms with Crippen molar-refractivity contribution < 1.29 is 4.39 Å². The summed E-state index contributed by atoms with van der Waals surface area (Å²) in [4.78, 5) is 2.19. The van der Waals surface area contributed by atoms with Gasteiger partial charge in [-0.2, -0.15) is 0 Å². The Morgan fingerprint density at radius 1 is 1.17 bits per heavy atom. The van der Waals surface area contributed by atoms with Crippen LogP contribution >= 0.6 is 0 Å². The average Bonchev–Trinajstić information content (AvgIpc) is 2.31. The first-order valence-electron chi connectivity index (χ1n) is 6.83. The van der Waals surface area contributed by atoms with Gasteiger partial charge < -0.3 is 10.2 Å². The van der Waals surface area contributed by atoms with Gasteiger partial charge in [0.1, 0.15) is 5.82 Å². The van der Waals surface area contributed by atoms with Crippen molar-refractivity contribution in [2.75, 3.05) is 18.0 Å². The minimum atomic E-state index is -0.102. The third kappa shape index (κ3) is 3.22. The molecule has 0 radical (unpaired) electrons. The highest BCUT2D eigenvalue weighted by Crippen LogP contribution is 2.22. The van der Waals surface area contributed by atoms with Gasteiger partial charge in [-0.1, -0.05) is 6.07 Å². The van der Waals surface area contributed by atoms with Crippen molar-refractivity contribution in [1.82, 2.24) is 5.32 Å². The zero-order chi connectivity index (χ0) is 13.1. The number of aryl methyl sites for hydroxylation is 1. The molecule has 2 rings (SSSR count). The molecule has 1 aromatic rings. The number of rotatable bonds is 1. The molecular formula is C15H23FN2. The largest absolute Gasteiger partial charge is 0.369 e. The molecule has 0 aliphatic carbocycles. The molecule has 18 heavy (non-hydrogen) atoms. The van der Waals surface area contributed by atoms with Crippen LogP contribution in [0.2, 0.25) is 0 Å². The van der Waals surface area contributed by atoms with Gasteiger partial charge in [0, 0.05) is 25.2 Å². The molecule has 1 aliphatic heterocycles. The zero-order valence-corrected chi connectivity index (χ0v) is 11.5. The van der Waals surface area contributed by atoms with Crippen LogP contribution in [-0.4, -0.2) is 25.2 Å². The molecule has 1 aliphatic rings. The van der Waals surface area contributed by atoms with Crippen LogP contribution in [0.3, 0.4) is 0 Å². The second kappa shape index (κ2) is 5.70. The summed E-state index contributed by atoms with van der Waals surface area (Å²) >= 11 is 0. The molecule has 0 saturated carbocycles. The van der Waals surface area contributed by atoms with E-state index in [1.807, 2.05) is 19.1 Å². The normalized spacial score (nSPS) is 25.7. The summed E-state index contributed by atoms with van der Waals surface area (Å²) in [7, 11) is 0. The minimum absolute atomic E-state index is 0.102. The monoisotopic (exact) mass is 250 g/mol. The SMILES string of the molecule is Cc1ccc(F)c(N2CCC(C)NC(C)CC2)c1. The topological polar surface area (TPSA) is 15.3 Å². The van der Waals surface area contributed by atoms with Gasteiger partial charge in [0.2, 0.25) is 0 Å². The van der Waals surface area contributed by atoms with Gasteiger partial charge in [-0.3, -0.25) is 0 Å². The van der Waals surface area contributed by atoms with Gasteiger partial charge >= 0.3 is 0 Å². The Balaban J connectivity index is 2.17. The van der Waals surface area contributed by atoms with E-state index in [2.05, 4.69) is 24.1 Å². The van der Waals surface area contributed by atoms with Crippen LogP contribution in [0.15, 0.2) is 18.2 Å². The van der Waals surface area contributed by atoms with Crippen molar-refractivity contribution in [3.05, 3.63) is 29.6 Å². The predicted octanol–water partition coefficient (Wildman–Crippen LogP) is 3.10. The van der Waals surface area contributed by atoms with Crippen molar-refractivity contribution >= 4 is 5.69 Å². The van der Waals surface area contributed by atoms with Crippen molar-refractivity contribution in [2.24, 2.45) is 0 Å². The van der Waals surface area contributed by atoms with E-state index in [9.17, 15) is 4.39 Å². The first kappa shape index (κ1) is 13.3. The van der Waals surface area contributed by atoms with E-state index in [0.29, 0.717) is 12.1 Å². The molecule has 2 atom stereocenters. The van der Waals surface area contributed by atoms with Crippen LogP contribution in [0, 0.1) is 12.7 Å². The lowest BCUT2D eigenvalue weighted by Gasteiger charge is -2.32. The van der Waals surface area contributed by atoms with Crippen LogP contribution in [0.1, 0.15) is 32.3 Å². The molecule has 1 aromatic carbocycles. The lowest BCUT2D eigenvalue weighted by Crippen LogP contribution is -2.43. The number of halogens is 1. The average molecular weight is 250 g/mol. The van der Waals surface area contributed by atoms with Crippen molar-refractivity contribution in [3.63, 3.8) is 0 Å². The summed E-state index contributed by atoms with van der Waals surface area (Å²) in [6.07, 6.45) is 2.11. The Morgan fingerprint density at radius 2 is 1.78 bits per heavy atom. The molecule has 0 aromatic heterocycles. The summed E-state index contributed by atoms with van der Waals surface area (Å²) in [5.41, 5.74) is 1.88. The molecular weight excluding hydrogens is 227 g/mol. The fraction of sp³-hybridized carbons (Fsp3) is 0.600. The number of hydrogen-bond acceptors (Lipinski definition) is 2. The highest BCUT2D eigenvalue weighted by atomic mass is 19.1. The molecule has 100 valence electrons. The van der Waals surface area contributed by atoms with Crippen LogP contribution < -0.4 is 10.2 Å². The Kier molecular flexibility index (Phi) is 4.23. The maximum atomic E-state index is 13.9. The lowest BCUT2D eigenvalue weighted by atomic mass is 10.1. The van der Waals surface area contributed by atoms with Gasteiger partial charge in [-0.25, -0.2) is 4.39 Å². The Hall–Kier alpha value is -1.09. The van der Waals surface area contributed by atoms with Crippen LogP contribution in [-0.2, 0) is 0 Å². The van der Waals surface area contributed by atoms with Gasteiger partial charge in [0.25, 0.3) is 0 Å². The standard InChI is InChI=1S/C15H23FN2/c1-11-4-5-14(16)15(10-11)18-8-6-12(2)17-13(3)7-9-18/h4-5,10,12-13,17H,6-9H2,1-3H3. The third-order valence-electron chi connectivity index (χ3n) is 3.68. The number of nitrogens with one attached hydrogen (secondary N) is 1. The number of hydrogen-bond donors (Lipinski definition) is 1. The number of anilines is 1. The molecule has 0 bridgehead atoms. The lowest BCUT2D eigenvalue weighted by molar-refractivity contribution is 0.403. The summed E-state index contributed by atoms with van der Waals surface area (Å²) < 4.78 is 13.9. The highest BCUT2D eigenvalue weighted by molar-refractivity contribution is 5.50. The molecule has 0 spiro atoms. The van der Waals surface area contributed by atoms with Crippen molar-refractivity contribution in [1.29, 1.82) is 0 Å². The second-order valence-electron chi connectivity index (χ2n) is 5.49. The molecule has 1 saturated heterocycles. The number of benzene rings is 1. The van der Waals surface area contributed by atoms with Gasteiger partial charge in [-0.15, -0.1) is 0 Å². The van der Waals surface area contributed by atoms with Gasteiger partial charge in [-0.05, 0) is 51.3 Å². The summed E-state index contributed by atoms with van der Waals surface area (Å²) in [5, 5.41) is 3.56.